The van der Waals surface area contributed by atoms with Crippen LogP contribution in [0.3, 0.4) is 0 Å². The number of amides is 1. The van der Waals surface area contributed by atoms with Crippen molar-refractivity contribution < 1.29 is 19.4 Å². The highest BCUT2D eigenvalue weighted by molar-refractivity contribution is 5.90. The molecule has 0 aromatic heterocycles. The van der Waals surface area contributed by atoms with Crippen LogP contribution in [-0.2, 0) is 9.59 Å². The number of methoxy groups -OCH3 is 1. The van der Waals surface area contributed by atoms with Gasteiger partial charge in [-0.1, -0.05) is 12.1 Å². The maximum absolute atomic E-state index is 11.9. The number of carbonyl (C=O) groups is 2. The van der Waals surface area contributed by atoms with E-state index in [9.17, 15) is 9.59 Å². The standard InChI is InChI=1S/C13H16N2O4/c1-19-11-5-3-2-4-9(11)15-7-6-14-13(18)10(15)8-12(16)17/h2-5,10H,6-8H2,1H3,(H,14,18)(H,16,17). The van der Waals surface area contributed by atoms with Crippen molar-refractivity contribution in [2.24, 2.45) is 0 Å². The van der Waals surface area contributed by atoms with Crippen molar-refractivity contribution in [3.8, 4) is 5.75 Å². The zero-order valence-electron chi connectivity index (χ0n) is 10.6. The zero-order valence-corrected chi connectivity index (χ0v) is 10.6. The number of carboxylic acids is 1. The van der Waals surface area contributed by atoms with Crippen molar-refractivity contribution in [1.29, 1.82) is 0 Å². The average molecular weight is 264 g/mol. The van der Waals surface area contributed by atoms with E-state index in [0.717, 1.165) is 5.69 Å². The predicted molar refractivity (Wildman–Crippen MR) is 69.4 cm³/mol. The Balaban J connectivity index is 2.33. The molecule has 0 bridgehead atoms. The summed E-state index contributed by atoms with van der Waals surface area (Å²) in [5.41, 5.74) is 0.742. The number of nitrogens with zero attached hydrogens (tertiary/aromatic N) is 1. The molecule has 1 saturated heterocycles. The molecule has 0 saturated carbocycles. The molecule has 1 aromatic carbocycles. The van der Waals surface area contributed by atoms with Crippen LogP contribution < -0.4 is 15.0 Å². The molecule has 1 fully saturated rings. The molecule has 1 heterocycles. The van der Waals surface area contributed by atoms with Crippen molar-refractivity contribution in [1.82, 2.24) is 5.32 Å². The molecule has 6 nitrogen and oxygen atoms in total. The van der Waals surface area contributed by atoms with Gasteiger partial charge in [0.15, 0.2) is 0 Å². The molecule has 1 amide bonds. The Labute approximate surface area is 111 Å². The molecule has 0 aliphatic carbocycles. The lowest BCUT2D eigenvalue weighted by atomic mass is 10.1. The normalized spacial score (nSPS) is 18.9. The predicted octanol–water partition coefficient (Wildman–Crippen LogP) is 0.475. The van der Waals surface area contributed by atoms with Gasteiger partial charge in [0.1, 0.15) is 11.8 Å². The molecule has 1 aliphatic heterocycles. The molecular weight excluding hydrogens is 248 g/mol. The summed E-state index contributed by atoms with van der Waals surface area (Å²) < 4.78 is 5.27. The number of aliphatic carboxylic acids is 1. The molecule has 1 aromatic rings. The highest BCUT2D eigenvalue weighted by Gasteiger charge is 2.32. The van der Waals surface area contributed by atoms with E-state index in [1.54, 1.807) is 18.1 Å². The fraction of sp³-hybridized carbons (Fsp3) is 0.385. The van der Waals surface area contributed by atoms with Gasteiger partial charge in [-0.2, -0.15) is 0 Å². The van der Waals surface area contributed by atoms with Crippen LogP contribution in [0.15, 0.2) is 24.3 Å². The lowest BCUT2D eigenvalue weighted by Crippen LogP contribution is -2.56. The van der Waals surface area contributed by atoms with Crippen LogP contribution in [0, 0.1) is 0 Å². The number of piperazine rings is 1. The van der Waals surface area contributed by atoms with Crippen molar-refractivity contribution >= 4 is 17.6 Å². The molecule has 102 valence electrons. The average Bonchev–Trinajstić information content (AvgIpc) is 2.40. The Bertz CT molecular complexity index is 489. The third-order valence-corrected chi connectivity index (χ3v) is 3.09. The highest BCUT2D eigenvalue weighted by atomic mass is 16.5. The molecule has 1 atom stereocenters. The first-order chi connectivity index (χ1) is 9.13. The third-order valence-electron chi connectivity index (χ3n) is 3.09. The number of anilines is 1. The second-order valence-electron chi connectivity index (χ2n) is 4.27. The first-order valence-corrected chi connectivity index (χ1v) is 6.02. The van der Waals surface area contributed by atoms with Gasteiger partial charge in [0.25, 0.3) is 0 Å². The maximum Gasteiger partial charge on any atom is 0.305 e. The Hall–Kier alpha value is -2.24. The van der Waals surface area contributed by atoms with Crippen molar-refractivity contribution in [2.45, 2.75) is 12.5 Å². The molecule has 2 rings (SSSR count). The summed E-state index contributed by atoms with van der Waals surface area (Å²) in [6.07, 6.45) is -0.232. The van der Waals surface area contributed by atoms with E-state index in [0.29, 0.717) is 18.8 Å². The van der Waals surface area contributed by atoms with Gasteiger partial charge in [0.2, 0.25) is 5.91 Å². The van der Waals surface area contributed by atoms with E-state index in [1.807, 2.05) is 18.2 Å². The number of hydrogen-bond donors (Lipinski definition) is 2. The summed E-state index contributed by atoms with van der Waals surface area (Å²) >= 11 is 0. The van der Waals surface area contributed by atoms with Gasteiger partial charge in [0, 0.05) is 13.1 Å². The molecule has 0 spiro atoms. The van der Waals surface area contributed by atoms with Crippen LogP contribution >= 0.6 is 0 Å². The fourth-order valence-corrected chi connectivity index (χ4v) is 2.24. The number of nitrogens with one attached hydrogen (secondary N) is 1. The fourth-order valence-electron chi connectivity index (χ4n) is 2.24. The SMILES string of the molecule is COc1ccccc1N1CCNC(=O)C1CC(=O)O. The van der Waals surface area contributed by atoms with E-state index in [1.165, 1.54) is 0 Å². The molecule has 19 heavy (non-hydrogen) atoms. The van der Waals surface area contributed by atoms with Crippen LogP contribution in [0.1, 0.15) is 6.42 Å². The highest BCUT2D eigenvalue weighted by Crippen LogP contribution is 2.30. The van der Waals surface area contributed by atoms with Crippen molar-refractivity contribution in [2.75, 3.05) is 25.1 Å². The number of carbonyl (C=O) groups excluding carboxylic acids is 1. The van der Waals surface area contributed by atoms with E-state index >= 15 is 0 Å². The van der Waals surface area contributed by atoms with Gasteiger partial charge < -0.3 is 20.1 Å². The monoisotopic (exact) mass is 264 g/mol. The van der Waals surface area contributed by atoms with Gasteiger partial charge in [-0.05, 0) is 12.1 Å². The minimum Gasteiger partial charge on any atom is -0.495 e. The molecule has 2 N–H and O–H groups in total. The largest absolute Gasteiger partial charge is 0.495 e. The van der Waals surface area contributed by atoms with E-state index in [-0.39, 0.29) is 12.3 Å². The smallest absolute Gasteiger partial charge is 0.305 e. The summed E-state index contributed by atoms with van der Waals surface area (Å²) in [6, 6.07) is 6.58. The second-order valence-corrected chi connectivity index (χ2v) is 4.27. The minimum absolute atomic E-state index is 0.232. The third kappa shape index (κ3) is 2.78. The van der Waals surface area contributed by atoms with Crippen LogP contribution in [0.2, 0.25) is 0 Å². The van der Waals surface area contributed by atoms with Crippen LogP contribution in [0.5, 0.6) is 5.75 Å². The van der Waals surface area contributed by atoms with E-state index in [4.69, 9.17) is 9.84 Å². The van der Waals surface area contributed by atoms with Crippen LogP contribution in [0.4, 0.5) is 5.69 Å². The molecule has 1 unspecified atom stereocenters. The number of carboxylic acid groups (broad SMARTS) is 1. The first kappa shape index (κ1) is 13.2. The van der Waals surface area contributed by atoms with Gasteiger partial charge in [-0.3, -0.25) is 9.59 Å². The Morgan fingerprint density at radius 2 is 2.26 bits per heavy atom. The molecule has 6 heteroatoms. The van der Waals surface area contributed by atoms with Gasteiger partial charge in [-0.15, -0.1) is 0 Å². The lowest BCUT2D eigenvalue weighted by Gasteiger charge is -2.36. The van der Waals surface area contributed by atoms with E-state index < -0.39 is 12.0 Å². The summed E-state index contributed by atoms with van der Waals surface area (Å²) in [6.45, 7) is 1.05. The summed E-state index contributed by atoms with van der Waals surface area (Å²) in [5.74, 6) is -0.630. The molecule has 1 aliphatic rings. The Kier molecular flexibility index (Phi) is 3.89. The quantitative estimate of drug-likeness (QED) is 0.826. The number of benzene rings is 1. The van der Waals surface area contributed by atoms with Crippen molar-refractivity contribution in [3.05, 3.63) is 24.3 Å². The van der Waals surface area contributed by atoms with Crippen LogP contribution in [-0.4, -0.2) is 43.2 Å². The molecule has 0 radical (unpaired) electrons. The van der Waals surface area contributed by atoms with Crippen LogP contribution in [0.25, 0.3) is 0 Å². The Morgan fingerprint density at radius 3 is 2.95 bits per heavy atom. The minimum atomic E-state index is -0.998. The Morgan fingerprint density at radius 1 is 1.53 bits per heavy atom. The van der Waals surface area contributed by atoms with E-state index in [2.05, 4.69) is 5.32 Å². The van der Waals surface area contributed by atoms with Crippen molar-refractivity contribution in [3.63, 3.8) is 0 Å². The number of hydrogen-bond acceptors (Lipinski definition) is 4. The lowest BCUT2D eigenvalue weighted by molar-refractivity contribution is -0.139. The zero-order chi connectivity index (χ0) is 13.8. The number of ether oxygens (including phenoxy) is 1. The molecular formula is C13H16N2O4. The topological polar surface area (TPSA) is 78.9 Å². The maximum atomic E-state index is 11.9. The second kappa shape index (κ2) is 5.60. The van der Waals surface area contributed by atoms with Gasteiger partial charge in [-0.25, -0.2) is 0 Å². The summed E-state index contributed by atoms with van der Waals surface area (Å²) in [4.78, 5) is 24.5. The summed E-state index contributed by atoms with van der Waals surface area (Å²) in [7, 11) is 1.55. The summed E-state index contributed by atoms with van der Waals surface area (Å²) in [5, 5.41) is 11.6. The number of rotatable bonds is 4. The first-order valence-electron chi connectivity index (χ1n) is 6.02. The van der Waals surface area contributed by atoms with Gasteiger partial charge >= 0.3 is 5.97 Å². The number of para-hydroxylation sites is 2. The van der Waals surface area contributed by atoms with Gasteiger partial charge in [0.05, 0.1) is 19.2 Å².